The summed E-state index contributed by atoms with van der Waals surface area (Å²) in [6.07, 6.45) is 7.52. The fourth-order valence-corrected chi connectivity index (χ4v) is 4.02. The normalized spacial score (nSPS) is 16.5. The average Bonchev–Trinajstić information content (AvgIpc) is 3.68. The van der Waals surface area contributed by atoms with E-state index in [1.807, 2.05) is 23.1 Å². The molecule has 170 valence electrons. The minimum Gasteiger partial charge on any atom is -0.496 e. The van der Waals surface area contributed by atoms with Gasteiger partial charge in [0.15, 0.2) is 0 Å². The van der Waals surface area contributed by atoms with E-state index in [0.717, 1.165) is 42.5 Å². The number of rotatable bonds is 6. The number of nitrogens with two attached hydrogens (primary N) is 1. The van der Waals surface area contributed by atoms with Gasteiger partial charge in [-0.25, -0.2) is 4.98 Å². The minimum atomic E-state index is -0.104. The van der Waals surface area contributed by atoms with Crippen LogP contribution in [0.1, 0.15) is 47.8 Å². The molecule has 0 atom stereocenters. The first-order chi connectivity index (χ1) is 16.1. The lowest BCUT2D eigenvalue weighted by atomic mass is 9.93. The number of pyridine rings is 2. The molecule has 5 rings (SSSR count). The van der Waals surface area contributed by atoms with Gasteiger partial charge in [-0.2, -0.15) is 5.10 Å². The molecule has 0 spiro atoms. The zero-order chi connectivity index (χ0) is 22.8. The quantitative estimate of drug-likeness (QED) is 0.614. The third-order valence-electron chi connectivity index (χ3n) is 6.07. The van der Waals surface area contributed by atoms with E-state index in [2.05, 4.69) is 20.2 Å². The first-order valence-electron chi connectivity index (χ1n) is 11.2. The van der Waals surface area contributed by atoms with Crippen LogP contribution in [0.3, 0.4) is 0 Å². The van der Waals surface area contributed by atoms with Gasteiger partial charge in [0, 0.05) is 54.7 Å². The van der Waals surface area contributed by atoms with Crippen LogP contribution in [-0.4, -0.2) is 57.3 Å². The molecule has 2 fully saturated rings. The SMILES string of the molecule is COc1cc(C(=O)N2CCC(c3ccc(N)nn3)CC2)ncc1-c1ccc(OC2CC2)nc1. The molecule has 2 aliphatic rings. The van der Waals surface area contributed by atoms with Gasteiger partial charge >= 0.3 is 0 Å². The molecule has 3 aromatic heterocycles. The van der Waals surface area contributed by atoms with E-state index < -0.39 is 0 Å². The third-order valence-corrected chi connectivity index (χ3v) is 6.07. The predicted molar refractivity (Wildman–Crippen MR) is 122 cm³/mol. The van der Waals surface area contributed by atoms with Crippen molar-refractivity contribution in [2.24, 2.45) is 0 Å². The van der Waals surface area contributed by atoms with E-state index >= 15 is 0 Å². The first-order valence-corrected chi connectivity index (χ1v) is 11.2. The minimum absolute atomic E-state index is 0.104. The van der Waals surface area contributed by atoms with Gasteiger partial charge in [-0.15, -0.1) is 5.10 Å². The van der Waals surface area contributed by atoms with Crippen LogP contribution in [0.4, 0.5) is 5.82 Å². The van der Waals surface area contributed by atoms with Crippen LogP contribution in [-0.2, 0) is 0 Å². The Kier molecular flexibility index (Phi) is 5.77. The predicted octanol–water partition coefficient (Wildman–Crippen LogP) is 3.09. The van der Waals surface area contributed by atoms with Crippen molar-refractivity contribution in [3.63, 3.8) is 0 Å². The zero-order valence-electron chi connectivity index (χ0n) is 18.5. The Hall–Kier alpha value is -3.75. The number of nitrogen functional groups attached to an aromatic ring is 1. The standard InChI is InChI=1S/C24H26N6O3/c1-32-21-12-20(26-14-18(21)16-2-7-23(27-13-16)33-17-3-4-17)24(31)30-10-8-15(9-11-30)19-5-6-22(25)29-28-19/h2,5-7,12-15,17H,3-4,8-11H2,1H3,(H2,25,29). The highest BCUT2D eigenvalue weighted by atomic mass is 16.5. The molecule has 1 amide bonds. The number of nitrogens with zero attached hydrogens (tertiary/aromatic N) is 5. The summed E-state index contributed by atoms with van der Waals surface area (Å²) in [4.78, 5) is 23.7. The molecule has 0 unspecified atom stereocenters. The summed E-state index contributed by atoms with van der Waals surface area (Å²) in [5, 5.41) is 8.13. The third kappa shape index (κ3) is 4.72. The van der Waals surface area contributed by atoms with E-state index in [1.54, 1.807) is 31.6 Å². The molecule has 4 heterocycles. The van der Waals surface area contributed by atoms with Gasteiger partial charge in [-0.3, -0.25) is 9.78 Å². The Morgan fingerprint density at radius 2 is 1.85 bits per heavy atom. The fourth-order valence-electron chi connectivity index (χ4n) is 4.02. The number of anilines is 1. The van der Waals surface area contributed by atoms with Crippen LogP contribution in [0, 0.1) is 0 Å². The molecule has 1 saturated carbocycles. The monoisotopic (exact) mass is 446 g/mol. The average molecular weight is 447 g/mol. The maximum atomic E-state index is 13.1. The number of hydrogen-bond donors (Lipinski definition) is 1. The summed E-state index contributed by atoms with van der Waals surface area (Å²) < 4.78 is 11.3. The smallest absolute Gasteiger partial charge is 0.272 e. The van der Waals surface area contributed by atoms with Crippen LogP contribution in [0.15, 0.2) is 42.7 Å². The molecule has 3 aromatic rings. The number of methoxy groups -OCH3 is 1. The summed E-state index contributed by atoms with van der Waals surface area (Å²) in [5.74, 6) is 1.78. The van der Waals surface area contributed by atoms with Gasteiger partial charge in [0.1, 0.15) is 23.4 Å². The van der Waals surface area contributed by atoms with Crippen LogP contribution in [0.5, 0.6) is 11.6 Å². The second kappa shape index (κ2) is 9.01. The highest BCUT2D eigenvalue weighted by Crippen LogP contribution is 2.32. The van der Waals surface area contributed by atoms with E-state index in [1.165, 1.54) is 0 Å². The summed E-state index contributed by atoms with van der Waals surface area (Å²) >= 11 is 0. The lowest BCUT2D eigenvalue weighted by Gasteiger charge is -2.31. The molecule has 0 bridgehead atoms. The Bertz CT molecular complexity index is 1120. The second-order valence-electron chi connectivity index (χ2n) is 8.42. The van der Waals surface area contributed by atoms with Crippen molar-refractivity contribution in [3.8, 4) is 22.8 Å². The van der Waals surface area contributed by atoms with Crippen LogP contribution < -0.4 is 15.2 Å². The summed E-state index contributed by atoms with van der Waals surface area (Å²) in [7, 11) is 1.59. The fraction of sp³-hybridized carbons (Fsp3) is 0.375. The van der Waals surface area contributed by atoms with Gasteiger partial charge < -0.3 is 20.1 Å². The van der Waals surface area contributed by atoms with Crippen LogP contribution in [0.25, 0.3) is 11.1 Å². The molecule has 0 aromatic carbocycles. The first kappa shape index (κ1) is 21.1. The Morgan fingerprint density at radius 3 is 2.48 bits per heavy atom. The number of aromatic nitrogens is 4. The maximum Gasteiger partial charge on any atom is 0.272 e. The zero-order valence-corrected chi connectivity index (χ0v) is 18.5. The van der Waals surface area contributed by atoms with Crippen molar-refractivity contribution in [2.45, 2.75) is 37.7 Å². The molecule has 1 aliphatic heterocycles. The van der Waals surface area contributed by atoms with E-state index in [9.17, 15) is 4.79 Å². The Morgan fingerprint density at radius 1 is 1.03 bits per heavy atom. The van der Waals surface area contributed by atoms with E-state index in [4.69, 9.17) is 15.2 Å². The summed E-state index contributed by atoms with van der Waals surface area (Å²) in [6.45, 7) is 1.27. The lowest BCUT2D eigenvalue weighted by Crippen LogP contribution is -2.38. The van der Waals surface area contributed by atoms with Crippen molar-refractivity contribution in [2.75, 3.05) is 25.9 Å². The molecular formula is C24H26N6O3. The molecule has 9 nitrogen and oxygen atoms in total. The van der Waals surface area contributed by atoms with Crippen molar-refractivity contribution in [3.05, 3.63) is 54.1 Å². The van der Waals surface area contributed by atoms with Gasteiger partial charge in [-0.05, 0) is 43.9 Å². The van der Waals surface area contributed by atoms with Gasteiger partial charge in [0.25, 0.3) is 5.91 Å². The number of piperidine rings is 1. The number of likely N-dealkylation sites (tertiary alicyclic amines) is 1. The number of amides is 1. The molecule has 1 saturated heterocycles. The van der Waals surface area contributed by atoms with E-state index in [-0.39, 0.29) is 11.8 Å². The Labute approximate surface area is 192 Å². The lowest BCUT2D eigenvalue weighted by molar-refractivity contribution is 0.0705. The largest absolute Gasteiger partial charge is 0.496 e. The van der Waals surface area contributed by atoms with Crippen molar-refractivity contribution in [1.82, 2.24) is 25.1 Å². The van der Waals surface area contributed by atoms with Crippen molar-refractivity contribution < 1.29 is 14.3 Å². The van der Waals surface area contributed by atoms with Crippen molar-refractivity contribution in [1.29, 1.82) is 0 Å². The highest BCUT2D eigenvalue weighted by Gasteiger charge is 2.27. The van der Waals surface area contributed by atoms with Crippen LogP contribution in [0.2, 0.25) is 0 Å². The number of ether oxygens (including phenoxy) is 2. The second-order valence-corrected chi connectivity index (χ2v) is 8.42. The highest BCUT2D eigenvalue weighted by molar-refractivity contribution is 5.93. The number of carbonyl (C=O) groups is 1. The molecular weight excluding hydrogens is 420 g/mol. The van der Waals surface area contributed by atoms with Crippen LogP contribution >= 0.6 is 0 Å². The summed E-state index contributed by atoms with van der Waals surface area (Å²) in [5.41, 5.74) is 8.54. The molecule has 0 radical (unpaired) electrons. The van der Waals surface area contributed by atoms with Gasteiger partial charge in [0.2, 0.25) is 5.88 Å². The molecule has 1 aliphatic carbocycles. The van der Waals surface area contributed by atoms with E-state index in [0.29, 0.717) is 42.3 Å². The molecule has 9 heteroatoms. The molecule has 33 heavy (non-hydrogen) atoms. The van der Waals surface area contributed by atoms with Gasteiger partial charge in [-0.1, -0.05) is 0 Å². The number of hydrogen-bond acceptors (Lipinski definition) is 8. The summed E-state index contributed by atoms with van der Waals surface area (Å²) in [6, 6.07) is 9.15. The molecule has 2 N–H and O–H groups in total. The topological polar surface area (TPSA) is 116 Å². The maximum absolute atomic E-state index is 13.1. The Balaban J connectivity index is 1.26. The van der Waals surface area contributed by atoms with Gasteiger partial charge in [0.05, 0.1) is 12.8 Å². The number of carbonyl (C=O) groups excluding carboxylic acids is 1. The van der Waals surface area contributed by atoms with Crippen molar-refractivity contribution >= 4 is 11.7 Å².